The Kier molecular flexibility index (Phi) is 5.66. The molecule has 0 fully saturated rings. The molecule has 0 unspecified atom stereocenters. The Morgan fingerprint density at radius 2 is 1.78 bits per heavy atom. The highest BCUT2D eigenvalue weighted by molar-refractivity contribution is 6.04. The van der Waals surface area contributed by atoms with Gasteiger partial charge < -0.3 is 15.0 Å². The van der Waals surface area contributed by atoms with E-state index in [1.54, 1.807) is 18.0 Å². The number of ether oxygens (including phenoxy) is 1. The second-order valence-electron chi connectivity index (χ2n) is 5.97. The number of aryl methyl sites for hydroxylation is 1. The summed E-state index contributed by atoms with van der Waals surface area (Å²) in [6, 6.07) is 18.7. The van der Waals surface area contributed by atoms with Crippen LogP contribution in [0, 0.1) is 6.92 Å². The molecule has 0 saturated heterocycles. The average molecular weight is 362 g/mol. The van der Waals surface area contributed by atoms with Gasteiger partial charge in [0.1, 0.15) is 11.4 Å². The maximum Gasteiger partial charge on any atom is 0.276 e. The van der Waals surface area contributed by atoms with Crippen LogP contribution in [0.1, 0.15) is 23.1 Å². The van der Waals surface area contributed by atoms with Crippen LogP contribution < -0.4 is 15.0 Å². The van der Waals surface area contributed by atoms with Crippen LogP contribution in [0.4, 0.5) is 17.3 Å². The normalized spacial score (nSPS) is 10.3. The first-order valence-electron chi connectivity index (χ1n) is 8.76. The lowest BCUT2D eigenvalue weighted by molar-refractivity contribution is 0.0988. The summed E-state index contributed by atoms with van der Waals surface area (Å²) in [5.74, 6) is 0.860. The van der Waals surface area contributed by atoms with Crippen LogP contribution in [-0.2, 0) is 0 Å². The van der Waals surface area contributed by atoms with Crippen LogP contribution in [0.25, 0.3) is 0 Å². The number of para-hydroxylation sites is 3. The number of anilines is 3. The molecule has 138 valence electrons. The van der Waals surface area contributed by atoms with E-state index < -0.39 is 0 Å². The van der Waals surface area contributed by atoms with Gasteiger partial charge in [0.05, 0.1) is 12.3 Å². The Morgan fingerprint density at radius 3 is 2.52 bits per heavy atom. The van der Waals surface area contributed by atoms with Crippen LogP contribution in [0.15, 0.2) is 60.7 Å². The van der Waals surface area contributed by atoms with E-state index >= 15 is 0 Å². The van der Waals surface area contributed by atoms with Gasteiger partial charge in [0, 0.05) is 18.4 Å². The third-order valence-corrected chi connectivity index (χ3v) is 3.95. The fraction of sp³-hybridized carbons (Fsp3) is 0.190. The van der Waals surface area contributed by atoms with Crippen LogP contribution in [0.5, 0.6) is 5.75 Å². The Balaban J connectivity index is 1.88. The van der Waals surface area contributed by atoms with Crippen LogP contribution in [0.3, 0.4) is 0 Å². The molecule has 0 bridgehead atoms. The van der Waals surface area contributed by atoms with Crippen LogP contribution in [-0.4, -0.2) is 29.5 Å². The maximum absolute atomic E-state index is 12.9. The van der Waals surface area contributed by atoms with E-state index in [-0.39, 0.29) is 5.91 Å². The van der Waals surface area contributed by atoms with Crippen molar-refractivity contribution < 1.29 is 9.53 Å². The predicted molar refractivity (Wildman–Crippen MR) is 107 cm³/mol. The maximum atomic E-state index is 12.9. The van der Waals surface area contributed by atoms with Gasteiger partial charge in [-0.1, -0.05) is 30.3 Å². The standard InChI is InChI=1S/C21H22N4O2/c1-4-27-19-13-9-8-12-17(19)23-21-22-15(2)14-18(24-21)20(26)25(3)16-10-6-5-7-11-16/h5-14H,4H2,1-3H3,(H,22,23,24). The van der Waals surface area contributed by atoms with Crippen LogP contribution >= 0.6 is 0 Å². The highest BCUT2D eigenvalue weighted by Crippen LogP contribution is 2.26. The summed E-state index contributed by atoms with van der Waals surface area (Å²) >= 11 is 0. The van der Waals surface area contributed by atoms with E-state index in [4.69, 9.17) is 4.74 Å². The van der Waals surface area contributed by atoms with Crippen molar-refractivity contribution >= 4 is 23.2 Å². The van der Waals surface area contributed by atoms with Crippen molar-refractivity contribution in [3.05, 3.63) is 72.1 Å². The van der Waals surface area contributed by atoms with E-state index in [0.29, 0.717) is 29.7 Å². The molecule has 0 aliphatic rings. The molecule has 0 radical (unpaired) electrons. The van der Waals surface area contributed by atoms with Gasteiger partial charge in [0.25, 0.3) is 5.91 Å². The van der Waals surface area contributed by atoms with Gasteiger partial charge in [-0.05, 0) is 44.2 Å². The molecule has 0 spiro atoms. The molecule has 2 aromatic carbocycles. The van der Waals surface area contributed by atoms with Gasteiger partial charge >= 0.3 is 0 Å². The van der Waals surface area contributed by atoms with Crippen molar-refractivity contribution in [1.82, 2.24) is 9.97 Å². The predicted octanol–water partition coefficient (Wildman–Crippen LogP) is 4.20. The fourth-order valence-corrected chi connectivity index (χ4v) is 2.65. The molecule has 1 aromatic heterocycles. The van der Waals surface area contributed by atoms with Crippen molar-refractivity contribution in [3.8, 4) is 5.75 Å². The van der Waals surface area contributed by atoms with Crippen molar-refractivity contribution in [2.45, 2.75) is 13.8 Å². The zero-order chi connectivity index (χ0) is 19.2. The highest BCUT2D eigenvalue weighted by atomic mass is 16.5. The Labute approximate surface area is 158 Å². The molecule has 6 heteroatoms. The second-order valence-corrected chi connectivity index (χ2v) is 5.97. The molecule has 0 saturated carbocycles. The molecule has 3 rings (SSSR count). The number of hydrogen-bond donors (Lipinski definition) is 1. The first kappa shape index (κ1) is 18.4. The molecule has 1 N–H and O–H groups in total. The number of carbonyl (C=O) groups excluding carboxylic acids is 1. The summed E-state index contributed by atoms with van der Waals surface area (Å²) in [7, 11) is 1.73. The van der Waals surface area contributed by atoms with Gasteiger partial charge in [0.2, 0.25) is 5.95 Å². The van der Waals surface area contributed by atoms with Gasteiger partial charge in [0.15, 0.2) is 0 Å². The molecular weight excluding hydrogens is 340 g/mol. The number of rotatable bonds is 6. The summed E-state index contributed by atoms with van der Waals surface area (Å²) in [5, 5.41) is 3.15. The minimum absolute atomic E-state index is 0.201. The van der Waals surface area contributed by atoms with Crippen molar-refractivity contribution in [2.24, 2.45) is 0 Å². The summed E-state index contributed by atoms with van der Waals surface area (Å²) < 4.78 is 5.62. The Hall–Kier alpha value is -3.41. The molecule has 3 aromatic rings. The van der Waals surface area contributed by atoms with E-state index in [1.807, 2.05) is 68.4 Å². The second kappa shape index (κ2) is 8.31. The third kappa shape index (κ3) is 4.41. The van der Waals surface area contributed by atoms with Crippen molar-refractivity contribution in [3.63, 3.8) is 0 Å². The lowest BCUT2D eigenvalue weighted by Gasteiger charge is -2.17. The van der Waals surface area contributed by atoms with Gasteiger partial charge in [-0.15, -0.1) is 0 Å². The molecule has 1 heterocycles. The number of nitrogens with zero attached hydrogens (tertiary/aromatic N) is 3. The molecule has 0 aliphatic carbocycles. The molecular formula is C21H22N4O2. The largest absolute Gasteiger partial charge is 0.492 e. The van der Waals surface area contributed by atoms with E-state index in [0.717, 1.165) is 11.4 Å². The van der Waals surface area contributed by atoms with E-state index in [1.165, 1.54) is 0 Å². The van der Waals surface area contributed by atoms with E-state index in [2.05, 4.69) is 15.3 Å². The number of carbonyl (C=O) groups is 1. The van der Waals surface area contributed by atoms with Crippen molar-refractivity contribution in [2.75, 3.05) is 23.9 Å². The van der Waals surface area contributed by atoms with Gasteiger partial charge in [-0.2, -0.15) is 0 Å². The first-order chi connectivity index (χ1) is 13.1. The average Bonchev–Trinajstić information content (AvgIpc) is 2.69. The Bertz CT molecular complexity index is 928. The quantitative estimate of drug-likeness (QED) is 0.712. The Morgan fingerprint density at radius 1 is 1.07 bits per heavy atom. The summed E-state index contributed by atoms with van der Waals surface area (Å²) in [6.45, 7) is 4.32. The lowest BCUT2D eigenvalue weighted by atomic mass is 10.2. The third-order valence-electron chi connectivity index (χ3n) is 3.95. The summed E-state index contributed by atoms with van der Waals surface area (Å²) in [5.41, 5.74) is 2.58. The minimum Gasteiger partial charge on any atom is -0.492 e. The number of nitrogens with one attached hydrogen (secondary N) is 1. The van der Waals surface area contributed by atoms with Crippen molar-refractivity contribution in [1.29, 1.82) is 0 Å². The molecule has 27 heavy (non-hydrogen) atoms. The number of benzene rings is 2. The molecule has 6 nitrogen and oxygen atoms in total. The van der Waals surface area contributed by atoms with Crippen LogP contribution in [0.2, 0.25) is 0 Å². The minimum atomic E-state index is -0.201. The van der Waals surface area contributed by atoms with Gasteiger partial charge in [-0.3, -0.25) is 4.79 Å². The molecule has 0 atom stereocenters. The summed E-state index contributed by atoms with van der Waals surface area (Å²) in [6.07, 6.45) is 0. The zero-order valence-electron chi connectivity index (χ0n) is 15.6. The number of hydrogen-bond acceptors (Lipinski definition) is 5. The molecule has 0 aliphatic heterocycles. The first-order valence-corrected chi connectivity index (χ1v) is 8.76. The van der Waals surface area contributed by atoms with Gasteiger partial charge in [-0.25, -0.2) is 9.97 Å². The topological polar surface area (TPSA) is 67.3 Å². The monoisotopic (exact) mass is 362 g/mol. The SMILES string of the molecule is CCOc1ccccc1Nc1nc(C)cc(C(=O)N(C)c2ccccc2)n1. The number of aromatic nitrogens is 2. The highest BCUT2D eigenvalue weighted by Gasteiger charge is 2.17. The smallest absolute Gasteiger partial charge is 0.276 e. The zero-order valence-corrected chi connectivity index (χ0v) is 15.6. The van der Waals surface area contributed by atoms with E-state index in [9.17, 15) is 4.79 Å². The fourth-order valence-electron chi connectivity index (χ4n) is 2.65. The molecule has 1 amide bonds. The summed E-state index contributed by atoms with van der Waals surface area (Å²) in [4.78, 5) is 23.2. The number of amides is 1. The lowest BCUT2D eigenvalue weighted by Crippen LogP contribution is -2.27.